The molecule has 0 unspecified atom stereocenters. The van der Waals surface area contributed by atoms with Gasteiger partial charge < -0.3 is 14.7 Å². The molecule has 0 spiro atoms. The van der Waals surface area contributed by atoms with Crippen LogP contribution in [0.15, 0.2) is 48.1 Å². The average Bonchev–Trinajstić information content (AvgIpc) is 2.34. The fraction of sp³-hybridized carbons (Fsp3) is 0.286. The number of likely N-dealkylation sites (N-methyl/N-ethyl adjacent to an activating group) is 1. The van der Waals surface area contributed by atoms with Crippen molar-refractivity contribution in [2.24, 2.45) is 0 Å². The molecule has 0 aliphatic carbocycles. The van der Waals surface area contributed by atoms with E-state index in [4.69, 9.17) is 5.11 Å². The van der Waals surface area contributed by atoms with Gasteiger partial charge in [0.2, 0.25) is 0 Å². The highest BCUT2D eigenvalue weighted by molar-refractivity contribution is 5.98. The highest BCUT2D eigenvalue weighted by Gasteiger charge is 2.07. The minimum absolute atomic E-state index is 0.0167. The summed E-state index contributed by atoms with van der Waals surface area (Å²) in [7, 11) is 5.13. The van der Waals surface area contributed by atoms with Crippen LogP contribution in [0.2, 0.25) is 0 Å². The third-order valence-electron chi connectivity index (χ3n) is 1.92. The van der Waals surface area contributed by atoms with Gasteiger partial charge in [0.15, 0.2) is 0 Å². The molecule has 0 fully saturated rings. The Morgan fingerprint density at radius 3 is 2.32 bits per heavy atom. The number of hydrogen-bond donors (Lipinski definition) is 1. The zero-order valence-electron chi connectivity index (χ0n) is 11.4. The van der Waals surface area contributed by atoms with Crippen molar-refractivity contribution in [2.45, 2.75) is 0 Å². The van der Waals surface area contributed by atoms with Crippen molar-refractivity contribution >= 4 is 11.9 Å². The van der Waals surface area contributed by atoms with Gasteiger partial charge in [0.05, 0.1) is 12.7 Å². The number of carbonyl (C=O) groups excluding carboxylic acids is 1. The molecule has 0 aliphatic rings. The number of hydrogen-bond acceptors (Lipinski definition) is 4. The Morgan fingerprint density at radius 1 is 1.16 bits per heavy atom. The zero-order valence-corrected chi connectivity index (χ0v) is 11.4. The van der Waals surface area contributed by atoms with Gasteiger partial charge in [-0.05, 0) is 20.2 Å². The van der Waals surface area contributed by atoms with E-state index in [0.29, 0.717) is 0 Å². The Hall–Kier alpha value is -2.14. The predicted octanol–water partition coefficient (Wildman–Crippen LogP) is 1.40. The molecular formula is C14H19NO4. The van der Waals surface area contributed by atoms with Gasteiger partial charge in [0.25, 0.3) is 0 Å². The molecular weight excluding hydrogens is 246 g/mol. The van der Waals surface area contributed by atoms with E-state index in [2.05, 4.69) is 4.74 Å². The zero-order chi connectivity index (χ0) is 14.7. The van der Waals surface area contributed by atoms with Gasteiger partial charge in [-0.2, -0.15) is 0 Å². The van der Waals surface area contributed by atoms with E-state index in [-0.39, 0.29) is 5.57 Å². The van der Waals surface area contributed by atoms with Crippen molar-refractivity contribution in [3.05, 3.63) is 48.1 Å². The third-order valence-corrected chi connectivity index (χ3v) is 1.92. The molecule has 0 heterocycles. The first-order valence-electron chi connectivity index (χ1n) is 5.65. The highest BCUT2D eigenvalue weighted by atomic mass is 16.5. The fourth-order valence-electron chi connectivity index (χ4n) is 1.06. The summed E-state index contributed by atoms with van der Waals surface area (Å²) < 4.78 is 4.47. The topological polar surface area (TPSA) is 66.8 Å². The quantitative estimate of drug-likeness (QED) is 0.428. The summed E-state index contributed by atoms with van der Waals surface area (Å²) in [6, 6.07) is 0. The van der Waals surface area contributed by atoms with Gasteiger partial charge in [0, 0.05) is 12.6 Å². The van der Waals surface area contributed by atoms with Crippen molar-refractivity contribution < 1.29 is 19.4 Å². The number of ether oxygens (including phenoxy) is 1. The first kappa shape index (κ1) is 16.9. The van der Waals surface area contributed by atoms with E-state index in [0.717, 1.165) is 12.6 Å². The van der Waals surface area contributed by atoms with Crippen LogP contribution >= 0.6 is 0 Å². The lowest BCUT2D eigenvalue weighted by atomic mass is 10.2. The Kier molecular flexibility index (Phi) is 8.74. The molecule has 5 nitrogen and oxygen atoms in total. The number of aliphatic carboxylic acids is 1. The average molecular weight is 265 g/mol. The standard InChI is InChI=1S/C14H19NO4/c1-15(2)10-8-6-4-5-7-9-12(11-13(16)17)14(18)19-3/h4-9,11H,10H2,1-3H3,(H,16,17)/b5-4+,8-6?,9-7+,12-11-. The Morgan fingerprint density at radius 2 is 1.79 bits per heavy atom. The lowest BCUT2D eigenvalue weighted by Crippen LogP contribution is -2.10. The van der Waals surface area contributed by atoms with Crippen molar-refractivity contribution in [1.82, 2.24) is 4.90 Å². The van der Waals surface area contributed by atoms with Crippen LogP contribution < -0.4 is 0 Å². The molecule has 0 saturated heterocycles. The molecule has 0 radical (unpaired) electrons. The smallest absolute Gasteiger partial charge is 0.338 e. The Bertz CT molecular complexity index is 417. The van der Waals surface area contributed by atoms with Gasteiger partial charge in [-0.15, -0.1) is 0 Å². The second-order valence-corrected chi connectivity index (χ2v) is 3.86. The van der Waals surface area contributed by atoms with Gasteiger partial charge in [-0.25, -0.2) is 9.59 Å². The summed E-state index contributed by atoms with van der Waals surface area (Å²) in [5, 5.41) is 8.60. The van der Waals surface area contributed by atoms with E-state index < -0.39 is 11.9 Å². The van der Waals surface area contributed by atoms with E-state index in [1.807, 2.05) is 31.1 Å². The largest absolute Gasteiger partial charge is 0.478 e. The molecule has 0 aromatic rings. The maximum Gasteiger partial charge on any atom is 0.338 e. The van der Waals surface area contributed by atoms with Crippen LogP contribution in [-0.2, 0) is 14.3 Å². The molecule has 0 aromatic heterocycles. The molecule has 0 atom stereocenters. The molecule has 0 amide bonds. The minimum Gasteiger partial charge on any atom is -0.478 e. The monoisotopic (exact) mass is 265 g/mol. The van der Waals surface area contributed by atoms with Gasteiger partial charge in [-0.1, -0.05) is 30.4 Å². The van der Waals surface area contributed by atoms with E-state index in [1.54, 1.807) is 18.2 Å². The number of nitrogens with zero attached hydrogens (tertiary/aromatic N) is 1. The van der Waals surface area contributed by atoms with Crippen LogP contribution in [0, 0.1) is 0 Å². The maximum absolute atomic E-state index is 11.2. The molecule has 104 valence electrons. The summed E-state index contributed by atoms with van der Waals surface area (Å²) in [5.41, 5.74) is -0.0167. The second-order valence-electron chi connectivity index (χ2n) is 3.86. The fourth-order valence-corrected chi connectivity index (χ4v) is 1.06. The Balaban J connectivity index is 4.49. The summed E-state index contributed by atoms with van der Waals surface area (Å²) in [4.78, 5) is 23.8. The number of carboxylic acids is 1. The molecule has 0 aromatic carbocycles. The van der Waals surface area contributed by atoms with Crippen LogP contribution in [0.3, 0.4) is 0 Å². The van der Waals surface area contributed by atoms with Gasteiger partial charge >= 0.3 is 11.9 Å². The third kappa shape index (κ3) is 9.55. The first-order valence-corrected chi connectivity index (χ1v) is 5.65. The van der Waals surface area contributed by atoms with Crippen molar-refractivity contribution in [3.8, 4) is 0 Å². The molecule has 19 heavy (non-hydrogen) atoms. The summed E-state index contributed by atoms with van der Waals surface area (Å²) in [6.07, 6.45) is 11.1. The van der Waals surface area contributed by atoms with Crippen molar-refractivity contribution in [3.63, 3.8) is 0 Å². The summed E-state index contributed by atoms with van der Waals surface area (Å²) >= 11 is 0. The van der Waals surface area contributed by atoms with Crippen LogP contribution in [0.5, 0.6) is 0 Å². The lowest BCUT2D eigenvalue weighted by molar-refractivity contribution is -0.137. The summed E-state index contributed by atoms with van der Waals surface area (Å²) in [5.74, 6) is -1.88. The number of methoxy groups -OCH3 is 1. The maximum atomic E-state index is 11.2. The molecule has 0 rings (SSSR count). The molecule has 5 heteroatoms. The number of esters is 1. The highest BCUT2D eigenvalue weighted by Crippen LogP contribution is 2.00. The van der Waals surface area contributed by atoms with Crippen LogP contribution in [0.4, 0.5) is 0 Å². The molecule has 0 bridgehead atoms. The number of rotatable bonds is 7. The number of carboxylic acid groups (broad SMARTS) is 1. The van der Waals surface area contributed by atoms with Crippen LogP contribution in [0.25, 0.3) is 0 Å². The molecule has 0 saturated carbocycles. The predicted molar refractivity (Wildman–Crippen MR) is 73.7 cm³/mol. The Labute approximate surface area is 113 Å². The van der Waals surface area contributed by atoms with E-state index >= 15 is 0 Å². The van der Waals surface area contributed by atoms with E-state index in [9.17, 15) is 9.59 Å². The van der Waals surface area contributed by atoms with Gasteiger partial charge in [-0.3, -0.25) is 0 Å². The van der Waals surface area contributed by atoms with Crippen molar-refractivity contribution in [2.75, 3.05) is 27.7 Å². The molecule has 1 N–H and O–H groups in total. The molecule has 0 aliphatic heterocycles. The summed E-state index contributed by atoms with van der Waals surface area (Å²) in [6.45, 7) is 0.834. The van der Waals surface area contributed by atoms with Crippen LogP contribution in [0.1, 0.15) is 0 Å². The van der Waals surface area contributed by atoms with Gasteiger partial charge in [0.1, 0.15) is 0 Å². The first-order chi connectivity index (χ1) is 8.97. The van der Waals surface area contributed by atoms with E-state index in [1.165, 1.54) is 13.2 Å². The SMILES string of the molecule is COC(=O)C(=C\C(=O)O)/C=C/C=C/C=CCN(C)C. The van der Waals surface area contributed by atoms with Crippen molar-refractivity contribution in [1.29, 1.82) is 0 Å². The number of carbonyl (C=O) groups is 2. The lowest BCUT2D eigenvalue weighted by Gasteiger charge is -2.02. The minimum atomic E-state index is -1.19. The normalized spacial score (nSPS) is 12.9. The number of allylic oxidation sites excluding steroid dienone is 4. The van der Waals surface area contributed by atoms with Crippen LogP contribution in [-0.4, -0.2) is 49.7 Å². The second kappa shape index (κ2) is 9.85.